The molecule has 0 aliphatic heterocycles. The second kappa shape index (κ2) is 7.14. The molecule has 0 aliphatic carbocycles. The predicted molar refractivity (Wildman–Crippen MR) is 51.8 cm³/mol. The Kier molecular flexibility index (Phi) is 6.82. The molecule has 0 fully saturated rings. The Morgan fingerprint density at radius 2 is 2.08 bits per heavy atom. The fourth-order valence-corrected chi connectivity index (χ4v) is 0.987. The fourth-order valence-electron chi connectivity index (χ4n) is 0.987. The second-order valence-electron chi connectivity index (χ2n) is 3.13. The van der Waals surface area contributed by atoms with E-state index in [1.165, 1.54) is 0 Å². The van der Waals surface area contributed by atoms with Crippen LogP contribution in [-0.2, 0) is 4.79 Å². The minimum atomic E-state index is 0.257. The molecule has 0 N–H and O–H groups in total. The first-order valence-electron chi connectivity index (χ1n) is 4.75. The monoisotopic (exact) mass is 170 g/mol. The van der Waals surface area contributed by atoms with Crippen LogP contribution in [0.4, 0.5) is 0 Å². The first-order chi connectivity index (χ1) is 5.72. The van der Waals surface area contributed by atoms with Gasteiger partial charge < -0.3 is 4.90 Å². The fraction of sp³-hybridized carbons (Fsp3) is 0.800. The Labute approximate surface area is 75.9 Å². The van der Waals surface area contributed by atoms with Gasteiger partial charge in [0.2, 0.25) is 5.91 Å². The van der Waals surface area contributed by atoms with Crippen molar-refractivity contribution in [1.82, 2.24) is 4.90 Å². The third-order valence-corrected chi connectivity index (χ3v) is 1.91. The van der Waals surface area contributed by atoms with E-state index in [-0.39, 0.29) is 5.91 Å². The number of unbranched alkanes of at least 4 members (excludes halogenated alkanes) is 2. The summed E-state index contributed by atoms with van der Waals surface area (Å²) in [6.45, 7) is 6.74. The van der Waals surface area contributed by atoms with Gasteiger partial charge in [-0.1, -0.05) is 26.7 Å². The second-order valence-corrected chi connectivity index (χ2v) is 3.13. The number of hydrogen-bond donors (Lipinski definition) is 0. The molecule has 0 aromatic rings. The van der Waals surface area contributed by atoms with Gasteiger partial charge in [-0.3, -0.25) is 4.79 Å². The third kappa shape index (κ3) is 5.16. The van der Waals surface area contributed by atoms with Gasteiger partial charge in [-0.05, 0) is 12.8 Å². The zero-order chi connectivity index (χ0) is 9.40. The maximum absolute atomic E-state index is 11.3. The molecule has 0 aromatic heterocycles. The Bertz CT molecular complexity index is 123. The van der Waals surface area contributed by atoms with Crippen molar-refractivity contribution < 1.29 is 4.79 Å². The van der Waals surface area contributed by atoms with E-state index in [0.29, 0.717) is 6.42 Å². The van der Waals surface area contributed by atoms with E-state index >= 15 is 0 Å². The molecule has 0 saturated carbocycles. The summed E-state index contributed by atoms with van der Waals surface area (Å²) in [5.41, 5.74) is 0. The molecule has 2 nitrogen and oxygen atoms in total. The SMILES string of the molecule is [CH2]CCCC(=O)N(C)CCCC. The maximum atomic E-state index is 11.3. The van der Waals surface area contributed by atoms with Crippen LogP contribution in [0.5, 0.6) is 0 Å². The lowest BCUT2D eigenvalue weighted by atomic mass is 10.2. The van der Waals surface area contributed by atoms with Gasteiger partial charge in [0.05, 0.1) is 0 Å². The van der Waals surface area contributed by atoms with Crippen molar-refractivity contribution in [3.05, 3.63) is 6.92 Å². The number of rotatable bonds is 6. The topological polar surface area (TPSA) is 20.3 Å². The van der Waals surface area contributed by atoms with Gasteiger partial charge in [-0.15, -0.1) is 0 Å². The molecule has 2 heteroatoms. The van der Waals surface area contributed by atoms with Crippen molar-refractivity contribution >= 4 is 5.91 Å². The van der Waals surface area contributed by atoms with Crippen LogP contribution < -0.4 is 0 Å². The molecule has 1 radical (unpaired) electrons. The normalized spacial score (nSPS) is 9.92. The van der Waals surface area contributed by atoms with Gasteiger partial charge in [-0.25, -0.2) is 0 Å². The summed E-state index contributed by atoms with van der Waals surface area (Å²) in [6, 6.07) is 0. The highest BCUT2D eigenvalue weighted by Crippen LogP contribution is 1.99. The average molecular weight is 170 g/mol. The summed E-state index contributed by atoms with van der Waals surface area (Å²) in [5.74, 6) is 0.257. The van der Waals surface area contributed by atoms with Crippen molar-refractivity contribution in [1.29, 1.82) is 0 Å². The van der Waals surface area contributed by atoms with E-state index in [9.17, 15) is 4.79 Å². The van der Waals surface area contributed by atoms with Gasteiger partial charge >= 0.3 is 0 Å². The Balaban J connectivity index is 3.47. The predicted octanol–water partition coefficient (Wildman–Crippen LogP) is 2.25. The molecule has 1 amide bonds. The van der Waals surface area contributed by atoms with E-state index in [1.54, 1.807) is 0 Å². The molecular formula is C10H20NO. The highest BCUT2D eigenvalue weighted by Gasteiger charge is 2.05. The van der Waals surface area contributed by atoms with E-state index < -0.39 is 0 Å². The molecule has 0 spiro atoms. The number of carbonyl (C=O) groups excluding carboxylic acids is 1. The summed E-state index contributed by atoms with van der Waals surface area (Å²) >= 11 is 0. The van der Waals surface area contributed by atoms with Crippen LogP contribution in [0.25, 0.3) is 0 Å². The number of amides is 1. The van der Waals surface area contributed by atoms with Gasteiger partial charge in [0, 0.05) is 20.0 Å². The quantitative estimate of drug-likeness (QED) is 0.598. The molecular weight excluding hydrogens is 150 g/mol. The zero-order valence-corrected chi connectivity index (χ0v) is 8.31. The minimum Gasteiger partial charge on any atom is -0.346 e. The summed E-state index contributed by atoms with van der Waals surface area (Å²) in [4.78, 5) is 13.1. The molecule has 0 heterocycles. The molecule has 0 saturated heterocycles. The largest absolute Gasteiger partial charge is 0.346 e. The molecule has 0 rings (SSSR count). The molecule has 71 valence electrons. The number of carbonyl (C=O) groups is 1. The van der Waals surface area contributed by atoms with Crippen LogP contribution in [0, 0.1) is 6.92 Å². The van der Waals surface area contributed by atoms with Crippen molar-refractivity contribution in [2.24, 2.45) is 0 Å². The third-order valence-electron chi connectivity index (χ3n) is 1.91. The summed E-state index contributed by atoms with van der Waals surface area (Å²) in [5, 5.41) is 0. The van der Waals surface area contributed by atoms with Crippen LogP contribution in [0.1, 0.15) is 39.0 Å². The van der Waals surface area contributed by atoms with Gasteiger partial charge in [-0.2, -0.15) is 0 Å². The van der Waals surface area contributed by atoms with Crippen LogP contribution in [0.2, 0.25) is 0 Å². The summed E-state index contributed by atoms with van der Waals surface area (Å²) in [7, 11) is 1.88. The highest BCUT2D eigenvalue weighted by atomic mass is 16.2. The molecule has 0 aliphatic rings. The van der Waals surface area contributed by atoms with Crippen LogP contribution >= 0.6 is 0 Å². The van der Waals surface area contributed by atoms with E-state index in [2.05, 4.69) is 13.8 Å². The molecule has 0 atom stereocenters. The van der Waals surface area contributed by atoms with Crippen molar-refractivity contribution in [3.8, 4) is 0 Å². The van der Waals surface area contributed by atoms with Crippen molar-refractivity contribution in [2.45, 2.75) is 39.0 Å². The Hall–Kier alpha value is -0.530. The van der Waals surface area contributed by atoms with E-state index in [4.69, 9.17) is 0 Å². The van der Waals surface area contributed by atoms with Gasteiger partial charge in [0.15, 0.2) is 0 Å². The Morgan fingerprint density at radius 1 is 1.42 bits per heavy atom. The van der Waals surface area contributed by atoms with Gasteiger partial charge in [0.25, 0.3) is 0 Å². The standard InChI is InChI=1S/C10H20NO/c1-4-6-8-10(12)11(3)9-7-5-2/h1,4-9H2,2-3H3. The smallest absolute Gasteiger partial charge is 0.222 e. The molecule has 0 bridgehead atoms. The Morgan fingerprint density at radius 3 is 2.58 bits per heavy atom. The van der Waals surface area contributed by atoms with E-state index in [1.807, 2.05) is 11.9 Å². The minimum absolute atomic E-state index is 0.257. The lowest BCUT2D eigenvalue weighted by molar-refractivity contribution is -0.130. The van der Waals surface area contributed by atoms with Crippen LogP contribution in [0.3, 0.4) is 0 Å². The zero-order valence-electron chi connectivity index (χ0n) is 8.31. The summed E-state index contributed by atoms with van der Waals surface area (Å²) in [6.07, 6.45) is 4.67. The van der Waals surface area contributed by atoms with Crippen LogP contribution in [-0.4, -0.2) is 24.4 Å². The molecule has 12 heavy (non-hydrogen) atoms. The summed E-state index contributed by atoms with van der Waals surface area (Å²) < 4.78 is 0. The van der Waals surface area contributed by atoms with Crippen LogP contribution in [0.15, 0.2) is 0 Å². The number of nitrogens with zero attached hydrogens (tertiary/aromatic N) is 1. The average Bonchev–Trinajstić information content (AvgIpc) is 2.10. The first kappa shape index (κ1) is 11.5. The number of hydrogen-bond acceptors (Lipinski definition) is 1. The lowest BCUT2D eigenvalue weighted by Crippen LogP contribution is -2.27. The maximum Gasteiger partial charge on any atom is 0.222 e. The highest BCUT2D eigenvalue weighted by molar-refractivity contribution is 5.75. The molecule has 0 unspecified atom stereocenters. The van der Waals surface area contributed by atoms with Crippen molar-refractivity contribution in [3.63, 3.8) is 0 Å². The van der Waals surface area contributed by atoms with Gasteiger partial charge in [0.1, 0.15) is 0 Å². The van der Waals surface area contributed by atoms with Crippen molar-refractivity contribution in [2.75, 3.05) is 13.6 Å². The first-order valence-corrected chi connectivity index (χ1v) is 4.75. The molecule has 0 aromatic carbocycles. The van der Waals surface area contributed by atoms with E-state index in [0.717, 1.165) is 32.2 Å². The lowest BCUT2D eigenvalue weighted by Gasteiger charge is -2.16.